The van der Waals surface area contributed by atoms with Crippen LogP contribution in [-0.2, 0) is 6.18 Å². The van der Waals surface area contributed by atoms with Gasteiger partial charge in [-0.15, -0.1) is 0 Å². The zero-order valence-electron chi connectivity index (χ0n) is 20.6. The molecule has 198 valence electrons. The highest BCUT2D eigenvalue weighted by Gasteiger charge is 2.36. The number of hydrogen-bond donors (Lipinski definition) is 1. The first-order valence-corrected chi connectivity index (χ1v) is 13.0. The summed E-state index contributed by atoms with van der Waals surface area (Å²) in [7, 11) is 0. The summed E-state index contributed by atoms with van der Waals surface area (Å²) < 4.78 is 39.4. The van der Waals surface area contributed by atoms with Gasteiger partial charge in [-0.1, -0.05) is 41.9 Å². The molecule has 38 heavy (non-hydrogen) atoms. The molecule has 0 bridgehead atoms. The van der Waals surface area contributed by atoms with Gasteiger partial charge in [0.05, 0.1) is 22.3 Å². The van der Waals surface area contributed by atoms with Gasteiger partial charge in [0, 0.05) is 55.2 Å². The number of H-pyrrole nitrogens is 1. The summed E-state index contributed by atoms with van der Waals surface area (Å²) in [6, 6.07) is 16.7. The maximum Gasteiger partial charge on any atom is 0.416 e. The van der Waals surface area contributed by atoms with Crippen molar-refractivity contribution in [2.45, 2.75) is 37.3 Å². The van der Waals surface area contributed by atoms with E-state index in [1.54, 1.807) is 15.9 Å². The van der Waals surface area contributed by atoms with Crippen LogP contribution in [0.2, 0.25) is 5.02 Å². The highest BCUT2D eigenvalue weighted by molar-refractivity contribution is 6.33. The molecule has 0 saturated carbocycles. The van der Waals surface area contributed by atoms with Crippen LogP contribution < -0.4 is 0 Å². The van der Waals surface area contributed by atoms with Crippen LogP contribution in [0.5, 0.6) is 0 Å². The van der Waals surface area contributed by atoms with Crippen LogP contribution in [-0.4, -0.2) is 52.2 Å². The number of urea groups is 1. The van der Waals surface area contributed by atoms with Gasteiger partial charge >= 0.3 is 12.2 Å². The van der Waals surface area contributed by atoms with Crippen molar-refractivity contribution in [2.75, 3.05) is 26.2 Å². The van der Waals surface area contributed by atoms with Crippen LogP contribution >= 0.6 is 11.6 Å². The number of rotatable bonds is 3. The summed E-state index contributed by atoms with van der Waals surface area (Å²) in [5.41, 5.74) is 2.39. The molecule has 6 nitrogen and oxygen atoms in total. The quantitative estimate of drug-likeness (QED) is 0.402. The fraction of sp³-hybridized carbons (Fsp3) is 0.393. The SMILES string of the molecule is N#CC1CCN(C(=O)N2CC(c3ccc(C(F)(F)F)cc3)CC(c3cc(-c4ccccc4Cl)n[nH]3)C2)CC1. The van der Waals surface area contributed by atoms with Crippen LogP contribution in [0.1, 0.15) is 47.9 Å². The summed E-state index contributed by atoms with van der Waals surface area (Å²) in [6.07, 6.45) is -2.47. The Balaban J connectivity index is 1.41. The minimum absolute atomic E-state index is 0.0405. The second-order valence-corrected chi connectivity index (χ2v) is 10.4. The number of piperidine rings is 2. The number of halogens is 4. The molecule has 2 atom stereocenters. The van der Waals surface area contributed by atoms with Crippen molar-refractivity contribution in [1.29, 1.82) is 5.26 Å². The Labute approximate surface area is 224 Å². The van der Waals surface area contributed by atoms with Gasteiger partial charge in [-0.25, -0.2) is 4.79 Å². The molecule has 2 saturated heterocycles. The van der Waals surface area contributed by atoms with Crippen molar-refractivity contribution in [1.82, 2.24) is 20.0 Å². The second-order valence-electron chi connectivity index (χ2n) is 10.0. The highest BCUT2D eigenvalue weighted by atomic mass is 35.5. The van der Waals surface area contributed by atoms with E-state index in [2.05, 4.69) is 16.3 Å². The highest BCUT2D eigenvalue weighted by Crippen LogP contribution is 2.38. The number of carbonyl (C=O) groups excluding carboxylic acids is 1. The molecule has 3 aromatic rings. The Morgan fingerprint density at radius 3 is 2.37 bits per heavy atom. The number of likely N-dealkylation sites (tertiary alicyclic amines) is 2. The van der Waals surface area contributed by atoms with Gasteiger partial charge in [-0.3, -0.25) is 5.10 Å². The third-order valence-electron chi connectivity index (χ3n) is 7.57. The molecule has 0 radical (unpaired) electrons. The number of nitrogens with zero attached hydrogens (tertiary/aromatic N) is 4. The number of carbonyl (C=O) groups is 1. The van der Waals surface area contributed by atoms with E-state index in [1.165, 1.54) is 12.1 Å². The van der Waals surface area contributed by atoms with Gasteiger partial charge in [0.15, 0.2) is 0 Å². The molecule has 1 aromatic heterocycles. The molecular weight excluding hydrogens is 515 g/mol. The number of nitrogens with one attached hydrogen (secondary N) is 1. The maximum atomic E-state index is 13.5. The lowest BCUT2D eigenvalue weighted by molar-refractivity contribution is -0.137. The predicted molar refractivity (Wildman–Crippen MR) is 137 cm³/mol. The van der Waals surface area contributed by atoms with Crippen LogP contribution in [0.3, 0.4) is 0 Å². The average Bonchev–Trinajstić information content (AvgIpc) is 3.42. The lowest BCUT2D eigenvalue weighted by Gasteiger charge is -2.41. The number of hydrogen-bond acceptors (Lipinski definition) is 3. The molecule has 0 aliphatic carbocycles. The fourth-order valence-corrected chi connectivity index (χ4v) is 5.65. The minimum atomic E-state index is -4.41. The first kappa shape index (κ1) is 26.1. The van der Waals surface area contributed by atoms with Crippen molar-refractivity contribution in [2.24, 2.45) is 5.92 Å². The molecule has 2 unspecified atom stereocenters. The van der Waals surface area contributed by atoms with E-state index in [0.717, 1.165) is 29.0 Å². The third-order valence-corrected chi connectivity index (χ3v) is 7.90. The van der Waals surface area contributed by atoms with Crippen LogP contribution in [0.4, 0.5) is 18.0 Å². The second kappa shape index (κ2) is 10.7. The zero-order chi connectivity index (χ0) is 26.9. The maximum absolute atomic E-state index is 13.5. The zero-order valence-corrected chi connectivity index (χ0v) is 21.3. The summed E-state index contributed by atoms with van der Waals surface area (Å²) in [6.45, 7) is 1.90. The summed E-state index contributed by atoms with van der Waals surface area (Å²) in [5.74, 6) is -0.287. The van der Waals surface area contributed by atoms with Gasteiger partial charge in [0.2, 0.25) is 0 Å². The number of alkyl halides is 3. The third kappa shape index (κ3) is 5.51. The van der Waals surface area contributed by atoms with E-state index in [-0.39, 0.29) is 23.8 Å². The molecule has 0 spiro atoms. The van der Waals surface area contributed by atoms with Gasteiger partial charge in [0.1, 0.15) is 0 Å². The molecule has 1 N–H and O–H groups in total. The monoisotopic (exact) mass is 541 g/mol. The van der Waals surface area contributed by atoms with Gasteiger partial charge < -0.3 is 9.80 Å². The Kier molecular flexibility index (Phi) is 7.35. The van der Waals surface area contributed by atoms with Crippen molar-refractivity contribution in [3.8, 4) is 17.3 Å². The topological polar surface area (TPSA) is 76.0 Å². The Morgan fingerprint density at radius 1 is 1.03 bits per heavy atom. The number of benzene rings is 2. The Hall–Kier alpha value is -3.51. The number of aromatic amines is 1. The molecular formula is C28H27ClF3N5O. The van der Waals surface area contributed by atoms with Gasteiger partial charge in [-0.2, -0.15) is 23.5 Å². The molecule has 2 aliphatic heterocycles. The molecule has 2 amide bonds. The molecule has 5 rings (SSSR count). The first-order chi connectivity index (χ1) is 18.2. The van der Waals surface area contributed by atoms with Gasteiger partial charge in [0.25, 0.3) is 0 Å². The summed E-state index contributed by atoms with van der Waals surface area (Å²) in [5, 5.41) is 17.4. The molecule has 2 aliphatic rings. The van der Waals surface area contributed by atoms with E-state index in [4.69, 9.17) is 11.6 Å². The van der Waals surface area contributed by atoms with Crippen molar-refractivity contribution in [3.63, 3.8) is 0 Å². The van der Waals surface area contributed by atoms with Gasteiger partial charge in [-0.05, 0) is 49.1 Å². The summed E-state index contributed by atoms with van der Waals surface area (Å²) >= 11 is 6.36. The standard InChI is InChI=1S/C28H27ClF3N5O/c29-24-4-2-1-3-23(24)26-14-25(34-35-26)21-13-20(19-5-7-22(8-6-19)28(30,31)32)16-37(17-21)27(38)36-11-9-18(15-33)10-12-36/h1-8,14,18,20-21H,9-13,16-17H2,(H,34,35). The molecule has 2 aromatic carbocycles. The van der Waals surface area contributed by atoms with E-state index in [0.29, 0.717) is 56.2 Å². The Morgan fingerprint density at radius 2 is 1.71 bits per heavy atom. The molecule has 3 heterocycles. The smallest absolute Gasteiger partial charge is 0.325 e. The predicted octanol–water partition coefficient (Wildman–Crippen LogP) is 6.68. The normalized spacial score (nSPS) is 20.8. The van der Waals surface area contributed by atoms with Crippen molar-refractivity contribution < 1.29 is 18.0 Å². The van der Waals surface area contributed by atoms with Crippen molar-refractivity contribution >= 4 is 17.6 Å². The van der Waals surface area contributed by atoms with E-state index >= 15 is 0 Å². The van der Waals surface area contributed by atoms with E-state index in [9.17, 15) is 23.2 Å². The summed E-state index contributed by atoms with van der Waals surface area (Å²) in [4.78, 5) is 17.1. The Bertz CT molecular complexity index is 1330. The lowest BCUT2D eigenvalue weighted by Crippen LogP contribution is -2.51. The van der Waals surface area contributed by atoms with E-state index < -0.39 is 11.7 Å². The number of nitriles is 1. The lowest BCUT2D eigenvalue weighted by atomic mass is 9.82. The largest absolute Gasteiger partial charge is 0.416 e. The molecule has 2 fully saturated rings. The molecule has 10 heteroatoms. The van der Waals surface area contributed by atoms with E-state index in [1.807, 2.05) is 24.3 Å². The fourth-order valence-electron chi connectivity index (χ4n) is 5.42. The minimum Gasteiger partial charge on any atom is -0.325 e. The number of amides is 2. The van der Waals surface area contributed by atoms with Crippen LogP contribution in [0, 0.1) is 17.2 Å². The number of aromatic nitrogens is 2. The van der Waals surface area contributed by atoms with Crippen LogP contribution in [0.25, 0.3) is 11.3 Å². The first-order valence-electron chi connectivity index (χ1n) is 12.6. The average molecular weight is 542 g/mol. The van der Waals surface area contributed by atoms with Crippen molar-refractivity contribution in [3.05, 3.63) is 76.4 Å². The van der Waals surface area contributed by atoms with Crippen LogP contribution in [0.15, 0.2) is 54.6 Å².